The van der Waals surface area contributed by atoms with E-state index in [2.05, 4.69) is 5.32 Å². The number of piperidine rings is 1. The van der Waals surface area contributed by atoms with Gasteiger partial charge in [-0.05, 0) is 56.0 Å². The number of carbonyl (C=O) groups is 2. The number of hydrogen-bond donors (Lipinski definition) is 1. The maximum atomic E-state index is 12.8. The molecule has 2 aliphatic rings. The van der Waals surface area contributed by atoms with Crippen LogP contribution in [0.3, 0.4) is 0 Å². The first-order chi connectivity index (χ1) is 13.5. The molecular weight excluding hydrogens is 374 g/mol. The molecule has 28 heavy (non-hydrogen) atoms. The van der Waals surface area contributed by atoms with Crippen LogP contribution in [0, 0.1) is 13.8 Å². The van der Waals surface area contributed by atoms with Gasteiger partial charge in [0.2, 0.25) is 0 Å². The van der Waals surface area contributed by atoms with Crippen LogP contribution in [0.25, 0.3) is 0 Å². The summed E-state index contributed by atoms with van der Waals surface area (Å²) in [6.45, 7) is 6.04. The van der Waals surface area contributed by atoms with Crippen LogP contribution in [0.2, 0.25) is 0 Å². The summed E-state index contributed by atoms with van der Waals surface area (Å²) in [7, 11) is 0. The Bertz CT molecular complexity index is 873. The Kier molecular flexibility index (Phi) is 5.10. The number of hydrogen-bond acceptors (Lipinski definition) is 4. The molecule has 1 aromatic heterocycles. The van der Waals surface area contributed by atoms with Crippen molar-refractivity contribution in [1.82, 2.24) is 9.80 Å². The van der Waals surface area contributed by atoms with Crippen molar-refractivity contribution in [3.05, 3.63) is 53.5 Å². The van der Waals surface area contributed by atoms with E-state index in [-0.39, 0.29) is 16.8 Å². The fraction of sp³-hybridized carbons (Fsp3) is 0.429. The summed E-state index contributed by atoms with van der Waals surface area (Å²) in [6.07, 6.45) is 3.07. The second kappa shape index (κ2) is 7.54. The Labute approximate surface area is 169 Å². The number of amides is 3. The monoisotopic (exact) mass is 399 g/mol. The molecule has 3 amide bonds. The Morgan fingerprint density at radius 2 is 1.89 bits per heavy atom. The normalized spacial score (nSPS) is 18.5. The van der Waals surface area contributed by atoms with Gasteiger partial charge < -0.3 is 19.5 Å². The lowest BCUT2D eigenvalue weighted by molar-refractivity contribution is 0.0554. The summed E-state index contributed by atoms with van der Waals surface area (Å²) in [5.41, 5.74) is 3.10. The number of furan rings is 1. The van der Waals surface area contributed by atoms with Gasteiger partial charge in [-0.15, -0.1) is 11.8 Å². The number of rotatable bonds is 2. The summed E-state index contributed by atoms with van der Waals surface area (Å²) in [4.78, 5) is 29.1. The van der Waals surface area contributed by atoms with Crippen LogP contribution < -0.4 is 5.32 Å². The van der Waals surface area contributed by atoms with Crippen LogP contribution in [0.4, 0.5) is 10.5 Å². The molecule has 7 heteroatoms. The van der Waals surface area contributed by atoms with Gasteiger partial charge in [-0.3, -0.25) is 4.79 Å². The van der Waals surface area contributed by atoms with Crippen molar-refractivity contribution < 1.29 is 14.0 Å². The molecule has 0 bridgehead atoms. The lowest BCUT2D eigenvalue weighted by Gasteiger charge is -2.43. The van der Waals surface area contributed by atoms with E-state index in [1.165, 1.54) is 6.26 Å². The first-order valence-electron chi connectivity index (χ1n) is 9.62. The number of likely N-dealkylation sites (tertiary alicyclic amines) is 1. The molecule has 0 radical (unpaired) electrons. The Morgan fingerprint density at radius 3 is 2.61 bits per heavy atom. The summed E-state index contributed by atoms with van der Waals surface area (Å²) in [5, 5.41) is 3.04. The van der Waals surface area contributed by atoms with Crippen LogP contribution in [0.5, 0.6) is 0 Å². The van der Waals surface area contributed by atoms with Gasteiger partial charge >= 0.3 is 6.03 Å². The molecule has 1 spiro atoms. The average Bonchev–Trinajstić information content (AvgIpc) is 3.36. The number of thioether (sulfide) groups is 1. The van der Waals surface area contributed by atoms with Crippen molar-refractivity contribution in [3.8, 4) is 0 Å². The molecule has 4 rings (SSSR count). The van der Waals surface area contributed by atoms with E-state index in [0.717, 1.165) is 42.0 Å². The summed E-state index contributed by atoms with van der Waals surface area (Å²) in [5.74, 6) is 1.25. The molecule has 6 nitrogen and oxygen atoms in total. The largest absolute Gasteiger partial charge is 0.459 e. The van der Waals surface area contributed by atoms with Crippen LogP contribution >= 0.6 is 11.8 Å². The fourth-order valence-corrected chi connectivity index (χ4v) is 5.44. The van der Waals surface area contributed by atoms with Crippen molar-refractivity contribution in [2.45, 2.75) is 31.6 Å². The highest BCUT2D eigenvalue weighted by atomic mass is 32.2. The highest BCUT2D eigenvalue weighted by Crippen LogP contribution is 2.44. The van der Waals surface area contributed by atoms with Crippen LogP contribution in [0.1, 0.15) is 34.5 Å². The van der Waals surface area contributed by atoms with Gasteiger partial charge in [0, 0.05) is 31.1 Å². The minimum atomic E-state index is -0.236. The maximum Gasteiger partial charge on any atom is 0.321 e. The first-order valence-corrected chi connectivity index (χ1v) is 10.6. The highest BCUT2D eigenvalue weighted by Gasteiger charge is 2.47. The van der Waals surface area contributed by atoms with Crippen molar-refractivity contribution >= 4 is 29.4 Å². The van der Waals surface area contributed by atoms with Gasteiger partial charge in [0.1, 0.15) is 0 Å². The predicted octanol–water partition coefficient (Wildman–Crippen LogP) is 4.11. The molecule has 0 aliphatic carbocycles. The Hall–Kier alpha value is -2.41. The van der Waals surface area contributed by atoms with Gasteiger partial charge in [-0.2, -0.15) is 0 Å². The molecule has 2 aromatic rings. The number of aryl methyl sites for hydroxylation is 1. The number of benzene rings is 1. The third kappa shape index (κ3) is 3.39. The zero-order valence-electron chi connectivity index (χ0n) is 16.2. The second-order valence-electron chi connectivity index (χ2n) is 7.39. The molecule has 2 fully saturated rings. The maximum absolute atomic E-state index is 12.8. The zero-order valence-corrected chi connectivity index (χ0v) is 17.1. The van der Waals surface area contributed by atoms with Crippen LogP contribution in [0.15, 0.2) is 41.0 Å². The third-order valence-electron chi connectivity index (χ3n) is 5.83. The number of carbonyl (C=O) groups excluding carboxylic acids is 2. The number of anilines is 1. The van der Waals surface area contributed by atoms with Gasteiger partial charge in [0.05, 0.1) is 11.1 Å². The standard InChI is InChI=1S/C21H25N3O3S/c1-15-5-3-6-17(16(15)2)22-20(26)23-10-8-21(9-11-23)24(12-14-28-21)19(25)18-7-4-13-27-18/h3-7,13H,8-12,14H2,1-2H3,(H,22,26). The van der Waals surface area contributed by atoms with E-state index in [0.29, 0.717) is 18.8 Å². The minimum Gasteiger partial charge on any atom is -0.459 e. The van der Waals surface area contributed by atoms with Gasteiger partial charge in [0.15, 0.2) is 5.76 Å². The van der Waals surface area contributed by atoms with E-state index in [1.54, 1.807) is 12.1 Å². The summed E-state index contributed by atoms with van der Waals surface area (Å²) in [6, 6.07) is 9.31. The molecule has 2 saturated heterocycles. The van der Waals surface area contributed by atoms with Crippen LogP contribution in [-0.2, 0) is 0 Å². The fourth-order valence-electron chi connectivity index (χ4n) is 3.98. The first kappa shape index (κ1) is 18.9. The lowest BCUT2D eigenvalue weighted by Crippen LogP contribution is -2.54. The summed E-state index contributed by atoms with van der Waals surface area (Å²) < 4.78 is 5.31. The topological polar surface area (TPSA) is 65.8 Å². The van der Waals surface area contributed by atoms with Gasteiger partial charge in [0.25, 0.3) is 5.91 Å². The number of nitrogens with zero attached hydrogens (tertiary/aromatic N) is 2. The quantitative estimate of drug-likeness (QED) is 0.825. The second-order valence-corrected chi connectivity index (χ2v) is 8.85. The number of urea groups is 1. The van der Waals surface area contributed by atoms with Crippen LogP contribution in [-0.4, -0.2) is 52.0 Å². The van der Waals surface area contributed by atoms with E-state index >= 15 is 0 Å². The Morgan fingerprint density at radius 1 is 1.11 bits per heavy atom. The molecule has 1 aromatic carbocycles. The zero-order chi connectivity index (χ0) is 19.7. The van der Waals surface area contributed by atoms with Gasteiger partial charge in [-0.1, -0.05) is 12.1 Å². The van der Waals surface area contributed by atoms with Gasteiger partial charge in [-0.25, -0.2) is 4.79 Å². The molecule has 0 atom stereocenters. The average molecular weight is 400 g/mol. The molecule has 3 heterocycles. The van der Waals surface area contributed by atoms with E-state index in [4.69, 9.17) is 4.42 Å². The lowest BCUT2D eigenvalue weighted by atomic mass is 10.0. The van der Waals surface area contributed by atoms with Crippen molar-refractivity contribution in [2.75, 3.05) is 30.7 Å². The summed E-state index contributed by atoms with van der Waals surface area (Å²) >= 11 is 1.83. The Balaban J connectivity index is 1.41. The molecule has 1 N–H and O–H groups in total. The van der Waals surface area contributed by atoms with Crippen molar-refractivity contribution in [1.29, 1.82) is 0 Å². The van der Waals surface area contributed by atoms with E-state index in [9.17, 15) is 9.59 Å². The molecule has 148 valence electrons. The highest BCUT2D eigenvalue weighted by molar-refractivity contribution is 8.00. The molecule has 0 saturated carbocycles. The molecule has 0 unspecified atom stereocenters. The van der Waals surface area contributed by atoms with E-state index < -0.39 is 0 Å². The smallest absolute Gasteiger partial charge is 0.321 e. The number of nitrogens with one attached hydrogen (secondary N) is 1. The SMILES string of the molecule is Cc1cccc(NC(=O)N2CCC3(CC2)SCCN3C(=O)c2ccco2)c1C. The molecular formula is C21H25N3O3S. The predicted molar refractivity (Wildman–Crippen MR) is 111 cm³/mol. The van der Waals surface area contributed by atoms with Crippen molar-refractivity contribution in [2.24, 2.45) is 0 Å². The third-order valence-corrected chi connectivity index (χ3v) is 7.39. The minimum absolute atomic E-state index is 0.0525. The van der Waals surface area contributed by atoms with Crippen molar-refractivity contribution in [3.63, 3.8) is 0 Å². The molecule has 2 aliphatic heterocycles. The van der Waals surface area contributed by atoms with E-state index in [1.807, 2.05) is 53.6 Å².